The summed E-state index contributed by atoms with van der Waals surface area (Å²) < 4.78 is 5.78. The zero-order valence-corrected chi connectivity index (χ0v) is 9.76. The summed E-state index contributed by atoms with van der Waals surface area (Å²) in [7, 11) is 0. The molecule has 0 rings (SSSR count). The molecular formula is C9H15IO2. The topological polar surface area (TPSA) is 26.3 Å². The van der Waals surface area contributed by atoms with Crippen LogP contribution in [0.3, 0.4) is 0 Å². The second kappa shape index (κ2) is 6.46. The quantitative estimate of drug-likeness (QED) is 0.572. The third-order valence-corrected chi connectivity index (χ3v) is 2.28. The van der Waals surface area contributed by atoms with E-state index < -0.39 is 0 Å². The van der Waals surface area contributed by atoms with Gasteiger partial charge in [-0.15, -0.1) is 0 Å². The molecule has 2 nitrogen and oxygen atoms in total. The molecular weight excluding hydrogens is 267 g/mol. The first-order valence-electron chi connectivity index (χ1n) is 4.14. The van der Waals surface area contributed by atoms with Crippen LogP contribution in [0.5, 0.6) is 0 Å². The molecule has 0 fully saturated rings. The summed E-state index contributed by atoms with van der Waals surface area (Å²) in [6.45, 7) is 8.07. The van der Waals surface area contributed by atoms with Crippen molar-refractivity contribution in [2.24, 2.45) is 5.92 Å². The molecule has 70 valence electrons. The van der Waals surface area contributed by atoms with E-state index in [1.54, 1.807) is 0 Å². The molecule has 0 aromatic heterocycles. The molecule has 0 amide bonds. The lowest BCUT2D eigenvalue weighted by Crippen LogP contribution is -2.17. The molecule has 1 atom stereocenters. The summed E-state index contributed by atoms with van der Waals surface area (Å²) in [5.74, 6) is -0.255. The Hall–Kier alpha value is -0.0600. The minimum Gasteiger partial charge on any atom is -0.466 e. The van der Waals surface area contributed by atoms with Gasteiger partial charge in [0.05, 0.1) is 12.5 Å². The minimum atomic E-state index is -0.140. The predicted octanol–water partition coefficient (Wildman–Crippen LogP) is 2.91. The SMILES string of the molecule is C=C(I)C(CCC)C(=O)OCC. The Labute approximate surface area is 87.5 Å². The summed E-state index contributed by atoms with van der Waals surface area (Å²) in [5.41, 5.74) is 0. The smallest absolute Gasteiger partial charge is 0.313 e. The second-order valence-corrected chi connectivity index (χ2v) is 3.93. The van der Waals surface area contributed by atoms with Gasteiger partial charge in [0.25, 0.3) is 0 Å². The molecule has 0 saturated heterocycles. The highest BCUT2D eigenvalue weighted by atomic mass is 127. The standard InChI is InChI=1S/C9H15IO2/c1-4-6-8(7(3)10)9(11)12-5-2/h8H,3-6H2,1-2H3. The van der Waals surface area contributed by atoms with E-state index in [2.05, 4.69) is 29.2 Å². The summed E-state index contributed by atoms with van der Waals surface area (Å²) in [6.07, 6.45) is 1.81. The third kappa shape index (κ3) is 4.09. The van der Waals surface area contributed by atoms with Crippen LogP contribution in [-0.2, 0) is 9.53 Å². The number of hydrogen-bond donors (Lipinski definition) is 0. The van der Waals surface area contributed by atoms with Gasteiger partial charge in [0.15, 0.2) is 0 Å². The van der Waals surface area contributed by atoms with Crippen molar-refractivity contribution in [3.8, 4) is 0 Å². The largest absolute Gasteiger partial charge is 0.466 e. The van der Waals surface area contributed by atoms with Crippen molar-refractivity contribution in [1.82, 2.24) is 0 Å². The Kier molecular flexibility index (Phi) is 6.42. The molecule has 0 aliphatic heterocycles. The highest BCUT2D eigenvalue weighted by Crippen LogP contribution is 2.22. The Balaban J connectivity index is 4.09. The van der Waals surface area contributed by atoms with Crippen LogP contribution >= 0.6 is 22.6 Å². The summed E-state index contributed by atoms with van der Waals surface area (Å²) in [5, 5.41) is 0. The van der Waals surface area contributed by atoms with Gasteiger partial charge < -0.3 is 4.74 Å². The molecule has 0 aromatic carbocycles. The van der Waals surface area contributed by atoms with Crippen molar-refractivity contribution in [1.29, 1.82) is 0 Å². The van der Waals surface area contributed by atoms with Crippen LogP contribution in [0.1, 0.15) is 26.7 Å². The molecule has 3 heteroatoms. The highest BCUT2D eigenvalue weighted by molar-refractivity contribution is 14.1. The van der Waals surface area contributed by atoms with Crippen molar-refractivity contribution < 1.29 is 9.53 Å². The van der Waals surface area contributed by atoms with Gasteiger partial charge in [-0.05, 0) is 39.5 Å². The van der Waals surface area contributed by atoms with E-state index in [-0.39, 0.29) is 11.9 Å². The second-order valence-electron chi connectivity index (χ2n) is 2.54. The van der Waals surface area contributed by atoms with E-state index in [0.717, 1.165) is 16.4 Å². The Morgan fingerprint density at radius 1 is 1.58 bits per heavy atom. The van der Waals surface area contributed by atoms with E-state index in [1.165, 1.54) is 0 Å². The average Bonchev–Trinajstić information content (AvgIpc) is 1.99. The maximum Gasteiger partial charge on any atom is 0.313 e. The highest BCUT2D eigenvalue weighted by Gasteiger charge is 2.19. The molecule has 0 heterocycles. The normalized spacial score (nSPS) is 12.2. The van der Waals surface area contributed by atoms with Gasteiger partial charge in [-0.1, -0.05) is 19.9 Å². The molecule has 1 unspecified atom stereocenters. The molecule has 0 aliphatic rings. The van der Waals surface area contributed by atoms with Crippen LogP contribution in [-0.4, -0.2) is 12.6 Å². The first-order valence-corrected chi connectivity index (χ1v) is 5.22. The van der Waals surface area contributed by atoms with Crippen LogP contribution < -0.4 is 0 Å². The van der Waals surface area contributed by atoms with Gasteiger partial charge in [-0.25, -0.2) is 0 Å². The van der Waals surface area contributed by atoms with Gasteiger partial charge in [-0.2, -0.15) is 0 Å². The molecule has 0 bridgehead atoms. The zero-order valence-electron chi connectivity index (χ0n) is 7.60. The molecule has 12 heavy (non-hydrogen) atoms. The summed E-state index contributed by atoms with van der Waals surface area (Å²) in [6, 6.07) is 0. The lowest BCUT2D eigenvalue weighted by Gasteiger charge is -2.12. The lowest BCUT2D eigenvalue weighted by atomic mass is 10.0. The maximum atomic E-state index is 11.3. The van der Waals surface area contributed by atoms with Crippen LogP contribution in [0, 0.1) is 5.92 Å². The number of esters is 1. The van der Waals surface area contributed by atoms with Gasteiger partial charge >= 0.3 is 5.97 Å². The van der Waals surface area contributed by atoms with E-state index in [4.69, 9.17) is 4.74 Å². The fraction of sp³-hybridized carbons (Fsp3) is 0.667. The molecule has 0 aliphatic carbocycles. The van der Waals surface area contributed by atoms with Crippen molar-refractivity contribution >= 4 is 28.6 Å². The summed E-state index contributed by atoms with van der Waals surface area (Å²) >= 11 is 2.09. The number of halogens is 1. The fourth-order valence-electron chi connectivity index (χ4n) is 0.934. The van der Waals surface area contributed by atoms with Crippen molar-refractivity contribution in [3.05, 3.63) is 10.2 Å². The molecule has 0 radical (unpaired) electrons. The van der Waals surface area contributed by atoms with Crippen LogP contribution in [0.4, 0.5) is 0 Å². The third-order valence-electron chi connectivity index (χ3n) is 1.53. The Morgan fingerprint density at radius 3 is 2.50 bits per heavy atom. The minimum absolute atomic E-state index is 0.115. The van der Waals surface area contributed by atoms with E-state index in [0.29, 0.717) is 6.61 Å². The molecule has 0 N–H and O–H groups in total. The van der Waals surface area contributed by atoms with Crippen molar-refractivity contribution in [3.63, 3.8) is 0 Å². The maximum absolute atomic E-state index is 11.3. The average molecular weight is 282 g/mol. The number of carbonyl (C=O) groups excluding carboxylic acids is 1. The number of hydrogen-bond acceptors (Lipinski definition) is 2. The van der Waals surface area contributed by atoms with Crippen LogP contribution in [0.2, 0.25) is 0 Å². The van der Waals surface area contributed by atoms with Crippen LogP contribution in [0.15, 0.2) is 10.2 Å². The van der Waals surface area contributed by atoms with Crippen LogP contribution in [0.25, 0.3) is 0 Å². The monoisotopic (exact) mass is 282 g/mol. The molecule has 0 aromatic rings. The number of ether oxygens (including phenoxy) is 1. The number of rotatable bonds is 5. The van der Waals surface area contributed by atoms with E-state index in [1.807, 2.05) is 13.8 Å². The molecule has 0 saturated carbocycles. The molecule has 0 spiro atoms. The van der Waals surface area contributed by atoms with Gasteiger partial charge in [0, 0.05) is 0 Å². The zero-order chi connectivity index (χ0) is 9.56. The Bertz CT molecular complexity index is 166. The fourth-order valence-corrected chi connectivity index (χ4v) is 1.50. The summed E-state index contributed by atoms with van der Waals surface area (Å²) in [4.78, 5) is 11.3. The first-order chi connectivity index (χ1) is 5.63. The van der Waals surface area contributed by atoms with E-state index in [9.17, 15) is 4.79 Å². The lowest BCUT2D eigenvalue weighted by molar-refractivity contribution is -0.146. The van der Waals surface area contributed by atoms with Crippen molar-refractivity contribution in [2.75, 3.05) is 6.61 Å². The first kappa shape index (κ1) is 11.9. The Morgan fingerprint density at radius 2 is 2.17 bits per heavy atom. The predicted molar refractivity (Wildman–Crippen MR) is 58.2 cm³/mol. The van der Waals surface area contributed by atoms with Gasteiger partial charge in [-0.3, -0.25) is 4.79 Å². The van der Waals surface area contributed by atoms with Gasteiger partial charge in [0.2, 0.25) is 0 Å². The van der Waals surface area contributed by atoms with Crippen molar-refractivity contribution in [2.45, 2.75) is 26.7 Å². The number of carbonyl (C=O) groups is 1. The van der Waals surface area contributed by atoms with E-state index >= 15 is 0 Å². The van der Waals surface area contributed by atoms with Gasteiger partial charge in [0.1, 0.15) is 0 Å².